The van der Waals surface area contributed by atoms with Crippen LogP contribution in [0.4, 0.5) is 0 Å². The zero-order valence-corrected chi connectivity index (χ0v) is 22.7. The van der Waals surface area contributed by atoms with Crippen LogP contribution in [-0.2, 0) is 0 Å². The van der Waals surface area contributed by atoms with Gasteiger partial charge in [-0.05, 0) is 104 Å². The van der Waals surface area contributed by atoms with Crippen LogP contribution in [0.25, 0.3) is 0 Å². The summed E-state index contributed by atoms with van der Waals surface area (Å²) >= 11 is 6.20. The van der Waals surface area contributed by atoms with Crippen molar-refractivity contribution in [3.8, 4) is 0 Å². The quantitative estimate of drug-likeness (QED) is 0.336. The lowest BCUT2D eigenvalue weighted by Gasteiger charge is -2.62. The molecule has 0 amide bonds. The van der Waals surface area contributed by atoms with E-state index in [-0.39, 0.29) is 12.4 Å². The van der Waals surface area contributed by atoms with E-state index in [4.69, 9.17) is 11.6 Å². The average Bonchev–Trinajstić information content (AvgIpc) is 3.05. The highest BCUT2D eigenvalue weighted by Crippen LogP contribution is 2.67. The van der Waals surface area contributed by atoms with Gasteiger partial charge in [0.15, 0.2) is 0 Å². The van der Waals surface area contributed by atoms with Gasteiger partial charge in [0.05, 0.1) is 0 Å². The number of fused-ring (bicyclic) bond motifs is 5. The number of piperidine rings is 1. The van der Waals surface area contributed by atoms with Crippen molar-refractivity contribution in [2.24, 2.45) is 46.3 Å². The van der Waals surface area contributed by atoms with Crippen molar-refractivity contribution in [1.82, 2.24) is 4.90 Å². The highest BCUT2D eigenvalue weighted by atomic mass is 35.5. The highest BCUT2D eigenvalue weighted by molar-refractivity contribution is 6.18. The number of hydrogen-bond donors (Lipinski definition) is 0. The minimum Gasteiger partial charge on any atom is -0.299 e. The zero-order chi connectivity index (χ0) is 21.5. The summed E-state index contributed by atoms with van der Waals surface area (Å²) in [6, 6.07) is 0.808. The van der Waals surface area contributed by atoms with E-state index >= 15 is 0 Å². The highest BCUT2D eigenvalue weighted by Gasteiger charge is 2.60. The van der Waals surface area contributed by atoms with Crippen LogP contribution < -0.4 is 0 Å². The molecule has 0 N–H and O–H groups in total. The monoisotopic (exact) mass is 471 g/mol. The van der Waals surface area contributed by atoms with Gasteiger partial charge in [0, 0.05) is 18.5 Å². The Kier molecular flexibility index (Phi) is 8.80. The molecule has 1 saturated heterocycles. The predicted molar refractivity (Wildman–Crippen MR) is 138 cm³/mol. The lowest BCUT2D eigenvalue weighted by Crippen LogP contribution is -2.61. The summed E-state index contributed by atoms with van der Waals surface area (Å²) in [5, 5.41) is 0. The van der Waals surface area contributed by atoms with Gasteiger partial charge in [-0.15, -0.1) is 24.0 Å². The summed E-state index contributed by atoms with van der Waals surface area (Å²) in [4.78, 5) is 2.79. The topological polar surface area (TPSA) is 3.24 Å². The van der Waals surface area contributed by atoms with E-state index in [1.54, 1.807) is 0 Å². The molecule has 0 aromatic carbocycles. The van der Waals surface area contributed by atoms with Gasteiger partial charge in [0.2, 0.25) is 0 Å². The zero-order valence-electron chi connectivity index (χ0n) is 21.2. The molecule has 8 atom stereocenters. The van der Waals surface area contributed by atoms with Gasteiger partial charge < -0.3 is 0 Å². The SMILES string of the molecule is CC(C)CCC[C@@H](C)[C@H]1CC[C@H]2[C@@H]3CC[C@H]4N(CCCl)CCC[C@]4(C)[C@H]3CC[C@]12C.Cl. The fourth-order valence-corrected chi connectivity index (χ4v) is 9.82. The average molecular weight is 473 g/mol. The maximum absolute atomic E-state index is 6.20. The number of nitrogens with zero attached hydrogens (tertiary/aromatic N) is 1. The molecule has 0 bridgehead atoms. The Balaban J connectivity index is 0.00000272. The first-order valence-electron chi connectivity index (χ1n) is 13.6. The summed E-state index contributed by atoms with van der Waals surface area (Å²) < 4.78 is 0. The normalized spacial score (nSPS) is 43.6. The molecule has 1 heterocycles. The van der Waals surface area contributed by atoms with Crippen molar-refractivity contribution in [2.75, 3.05) is 19.0 Å². The molecule has 4 aliphatic rings. The van der Waals surface area contributed by atoms with Gasteiger partial charge in [0.1, 0.15) is 0 Å². The molecule has 4 fully saturated rings. The number of halogens is 2. The summed E-state index contributed by atoms with van der Waals surface area (Å²) in [5.74, 6) is 6.57. The van der Waals surface area contributed by atoms with E-state index in [1.807, 2.05) is 0 Å². The first-order valence-corrected chi connectivity index (χ1v) is 14.1. The minimum absolute atomic E-state index is 0. The molecule has 0 unspecified atom stereocenters. The Hall–Kier alpha value is 0.540. The molecular weight excluding hydrogens is 421 g/mol. The lowest BCUT2D eigenvalue weighted by molar-refractivity contribution is -0.129. The van der Waals surface area contributed by atoms with Crippen LogP contribution in [0.3, 0.4) is 0 Å². The van der Waals surface area contributed by atoms with E-state index < -0.39 is 0 Å². The first-order chi connectivity index (χ1) is 14.3. The molecule has 3 aliphatic carbocycles. The van der Waals surface area contributed by atoms with Crippen LogP contribution in [0.15, 0.2) is 0 Å². The molecule has 0 radical (unpaired) electrons. The van der Waals surface area contributed by atoms with Gasteiger partial charge in [-0.3, -0.25) is 4.90 Å². The smallest absolute Gasteiger partial charge is 0.0351 e. The van der Waals surface area contributed by atoms with Crippen molar-refractivity contribution >= 4 is 24.0 Å². The third-order valence-corrected chi connectivity index (χ3v) is 11.2. The fourth-order valence-electron chi connectivity index (χ4n) is 9.61. The molecule has 3 heteroatoms. The maximum Gasteiger partial charge on any atom is 0.0351 e. The van der Waals surface area contributed by atoms with Gasteiger partial charge in [-0.2, -0.15) is 0 Å². The van der Waals surface area contributed by atoms with Crippen molar-refractivity contribution in [3.63, 3.8) is 0 Å². The van der Waals surface area contributed by atoms with Gasteiger partial charge in [-0.1, -0.05) is 53.9 Å². The maximum atomic E-state index is 6.20. The van der Waals surface area contributed by atoms with E-state index in [0.717, 1.165) is 54.0 Å². The standard InChI is InChI=1S/C28H50ClN.ClH/c1-20(2)8-6-9-21(3)23-11-12-24-22-10-13-26-28(5,15-7-18-30(26)19-17-29)25(22)14-16-27(23,24)4;/h20-26H,6-19H2,1-5H3;1H/t21-,22+,23-,24+,25+,26-,27-,28-;/m1./s1. The summed E-state index contributed by atoms with van der Waals surface area (Å²) in [7, 11) is 0. The van der Waals surface area contributed by atoms with Gasteiger partial charge in [-0.25, -0.2) is 0 Å². The molecule has 0 aromatic heterocycles. The van der Waals surface area contributed by atoms with Crippen LogP contribution in [-0.4, -0.2) is 29.9 Å². The Morgan fingerprint density at radius 3 is 2.35 bits per heavy atom. The van der Waals surface area contributed by atoms with E-state index in [9.17, 15) is 0 Å². The van der Waals surface area contributed by atoms with Crippen molar-refractivity contribution in [3.05, 3.63) is 0 Å². The summed E-state index contributed by atoms with van der Waals surface area (Å²) in [6.45, 7) is 15.2. The second-order valence-electron chi connectivity index (χ2n) is 12.8. The van der Waals surface area contributed by atoms with Crippen LogP contribution in [0, 0.1) is 46.3 Å². The molecule has 4 rings (SSSR count). The molecule has 182 valence electrons. The Labute approximate surface area is 205 Å². The number of alkyl halides is 1. The van der Waals surface area contributed by atoms with E-state index in [1.165, 1.54) is 77.2 Å². The third-order valence-electron chi connectivity index (χ3n) is 11.0. The number of likely N-dealkylation sites (tertiary alicyclic amines) is 1. The molecule has 3 saturated carbocycles. The van der Waals surface area contributed by atoms with E-state index in [2.05, 4.69) is 39.5 Å². The summed E-state index contributed by atoms with van der Waals surface area (Å²) in [6.07, 6.45) is 16.2. The summed E-state index contributed by atoms with van der Waals surface area (Å²) in [5.41, 5.74) is 1.18. The van der Waals surface area contributed by atoms with E-state index in [0.29, 0.717) is 10.8 Å². The fraction of sp³-hybridized carbons (Fsp3) is 1.00. The second kappa shape index (κ2) is 10.4. The number of rotatable bonds is 7. The number of hydrogen-bond acceptors (Lipinski definition) is 1. The Morgan fingerprint density at radius 2 is 1.65 bits per heavy atom. The third kappa shape index (κ3) is 4.73. The molecule has 0 aromatic rings. The molecule has 0 spiro atoms. The molecule has 31 heavy (non-hydrogen) atoms. The van der Waals surface area contributed by atoms with Crippen molar-refractivity contribution in [2.45, 2.75) is 111 Å². The van der Waals surface area contributed by atoms with Crippen LogP contribution in [0.2, 0.25) is 0 Å². The minimum atomic E-state index is 0. The van der Waals surface area contributed by atoms with Gasteiger partial charge in [0.25, 0.3) is 0 Å². The lowest BCUT2D eigenvalue weighted by atomic mass is 9.46. The molecular formula is C28H51Cl2N. The van der Waals surface area contributed by atoms with Crippen LogP contribution in [0.1, 0.15) is 105 Å². The van der Waals surface area contributed by atoms with Crippen LogP contribution in [0.5, 0.6) is 0 Å². The Morgan fingerprint density at radius 1 is 0.903 bits per heavy atom. The predicted octanol–water partition coefficient (Wildman–Crippen LogP) is 8.43. The van der Waals surface area contributed by atoms with Crippen molar-refractivity contribution < 1.29 is 0 Å². The van der Waals surface area contributed by atoms with Gasteiger partial charge >= 0.3 is 0 Å². The Bertz CT molecular complexity index is 577. The van der Waals surface area contributed by atoms with Crippen LogP contribution >= 0.6 is 24.0 Å². The molecule has 1 nitrogen and oxygen atoms in total. The second-order valence-corrected chi connectivity index (χ2v) is 13.2. The first kappa shape index (κ1) is 26.2. The largest absolute Gasteiger partial charge is 0.299 e. The van der Waals surface area contributed by atoms with Crippen molar-refractivity contribution in [1.29, 1.82) is 0 Å². The molecule has 1 aliphatic heterocycles.